The second-order valence-electron chi connectivity index (χ2n) is 3.96. The van der Waals surface area contributed by atoms with Crippen molar-refractivity contribution in [2.24, 2.45) is 0 Å². The highest BCUT2D eigenvalue weighted by Gasteiger charge is 1.99. The van der Waals surface area contributed by atoms with Crippen molar-refractivity contribution >= 4 is 6.29 Å². The van der Waals surface area contributed by atoms with E-state index in [2.05, 4.69) is 0 Å². The summed E-state index contributed by atoms with van der Waals surface area (Å²) in [7, 11) is 0. The minimum absolute atomic E-state index is 0.0223. The normalized spacial score (nSPS) is 10.1. The molecule has 1 N–H and O–H groups in total. The zero-order chi connectivity index (χ0) is 12.8. The largest absolute Gasteiger partial charge is 0.489 e. The lowest BCUT2D eigenvalue weighted by molar-refractivity contribution is 0.112. The Morgan fingerprint density at radius 2 is 1.83 bits per heavy atom. The van der Waals surface area contributed by atoms with E-state index in [1.165, 1.54) is 0 Å². The summed E-state index contributed by atoms with van der Waals surface area (Å²) in [5.74, 6) is 0.661. The summed E-state index contributed by atoms with van der Waals surface area (Å²) in [5.41, 5.74) is 2.44. The zero-order valence-electron chi connectivity index (χ0n) is 9.87. The highest BCUT2D eigenvalue weighted by atomic mass is 16.5. The third kappa shape index (κ3) is 3.18. The molecule has 0 radical (unpaired) electrons. The quantitative estimate of drug-likeness (QED) is 0.820. The molecular formula is C15H14O3. The van der Waals surface area contributed by atoms with Crippen LogP contribution in [0.3, 0.4) is 0 Å². The first-order valence-electron chi connectivity index (χ1n) is 5.68. The molecule has 2 rings (SSSR count). The maximum absolute atomic E-state index is 10.6. The molecule has 0 aliphatic heterocycles. The number of aliphatic hydroxyl groups is 1. The van der Waals surface area contributed by atoms with Crippen molar-refractivity contribution in [3.8, 4) is 5.75 Å². The van der Waals surface area contributed by atoms with Crippen molar-refractivity contribution < 1.29 is 14.6 Å². The van der Waals surface area contributed by atoms with Gasteiger partial charge in [0.2, 0.25) is 0 Å². The van der Waals surface area contributed by atoms with E-state index >= 15 is 0 Å². The van der Waals surface area contributed by atoms with E-state index in [0.717, 1.165) is 17.4 Å². The molecule has 0 fully saturated rings. The monoisotopic (exact) mass is 242 g/mol. The number of carbonyl (C=O) groups is 1. The van der Waals surface area contributed by atoms with Crippen LogP contribution in [0.5, 0.6) is 5.75 Å². The molecule has 0 unspecified atom stereocenters. The Bertz CT molecular complexity index is 535. The van der Waals surface area contributed by atoms with Crippen LogP contribution < -0.4 is 4.74 Å². The lowest BCUT2D eigenvalue weighted by atomic mass is 10.1. The molecule has 0 bridgehead atoms. The molecular weight excluding hydrogens is 228 g/mol. The Morgan fingerprint density at radius 3 is 2.61 bits per heavy atom. The topological polar surface area (TPSA) is 46.5 Å². The number of aldehydes is 1. The highest BCUT2D eigenvalue weighted by Crippen LogP contribution is 2.14. The zero-order valence-corrected chi connectivity index (χ0v) is 9.87. The van der Waals surface area contributed by atoms with Crippen molar-refractivity contribution in [1.82, 2.24) is 0 Å². The summed E-state index contributed by atoms with van der Waals surface area (Å²) < 4.78 is 5.59. The van der Waals surface area contributed by atoms with E-state index in [1.54, 1.807) is 18.2 Å². The molecule has 0 aliphatic carbocycles. The van der Waals surface area contributed by atoms with Gasteiger partial charge in [0.25, 0.3) is 0 Å². The number of hydrogen-bond acceptors (Lipinski definition) is 3. The van der Waals surface area contributed by atoms with Gasteiger partial charge < -0.3 is 9.84 Å². The Balaban J connectivity index is 2.03. The van der Waals surface area contributed by atoms with Gasteiger partial charge in [-0.05, 0) is 23.3 Å². The third-order valence-corrected chi connectivity index (χ3v) is 2.57. The molecule has 0 spiro atoms. The van der Waals surface area contributed by atoms with Gasteiger partial charge in [0.1, 0.15) is 18.6 Å². The first-order chi connectivity index (χ1) is 8.81. The van der Waals surface area contributed by atoms with E-state index in [1.807, 2.05) is 30.3 Å². The van der Waals surface area contributed by atoms with Crippen molar-refractivity contribution in [3.63, 3.8) is 0 Å². The number of ether oxygens (including phenoxy) is 1. The highest BCUT2D eigenvalue weighted by molar-refractivity contribution is 5.75. The molecule has 0 saturated carbocycles. The summed E-state index contributed by atoms with van der Waals surface area (Å²) in [5, 5.41) is 9.04. The maximum Gasteiger partial charge on any atom is 0.150 e. The van der Waals surface area contributed by atoms with Gasteiger partial charge in [-0.2, -0.15) is 0 Å². The van der Waals surface area contributed by atoms with Crippen LogP contribution in [0.25, 0.3) is 0 Å². The predicted molar refractivity (Wildman–Crippen MR) is 68.5 cm³/mol. The van der Waals surface area contributed by atoms with Crippen LogP contribution >= 0.6 is 0 Å². The summed E-state index contributed by atoms with van der Waals surface area (Å²) in [4.78, 5) is 10.6. The van der Waals surface area contributed by atoms with Crippen LogP contribution in [0.4, 0.5) is 0 Å². The molecule has 3 heteroatoms. The van der Waals surface area contributed by atoms with Crippen LogP contribution in [0, 0.1) is 0 Å². The van der Waals surface area contributed by atoms with Gasteiger partial charge in [0, 0.05) is 5.56 Å². The Kier molecular flexibility index (Phi) is 4.10. The summed E-state index contributed by atoms with van der Waals surface area (Å²) in [6, 6.07) is 14.6. The molecule has 92 valence electrons. The molecule has 18 heavy (non-hydrogen) atoms. The van der Waals surface area contributed by atoms with Gasteiger partial charge in [-0.15, -0.1) is 0 Å². The van der Waals surface area contributed by atoms with Gasteiger partial charge in [0.15, 0.2) is 0 Å². The van der Waals surface area contributed by atoms with Crippen molar-refractivity contribution in [3.05, 3.63) is 65.2 Å². The van der Waals surface area contributed by atoms with Crippen LogP contribution in [-0.4, -0.2) is 11.4 Å². The number of benzene rings is 2. The summed E-state index contributed by atoms with van der Waals surface area (Å²) in [6.45, 7) is 0.435. The molecule has 0 amide bonds. The number of hydrogen-bond donors (Lipinski definition) is 1. The molecule has 0 aliphatic rings. The van der Waals surface area contributed by atoms with Gasteiger partial charge >= 0.3 is 0 Å². The molecule has 0 heterocycles. The summed E-state index contributed by atoms with van der Waals surface area (Å²) >= 11 is 0. The fourth-order valence-electron chi connectivity index (χ4n) is 1.66. The van der Waals surface area contributed by atoms with E-state index in [-0.39, 0.29) is 6.61 Å². The summed E-state index contributed by atoms with van der Waals surface area (Å²) in [6.07, 6.45) is 0.791. The minimum Gasteiger partial charge on any atom is -0.489 e. The second-order valence-corrected chi connectivity index (χ2v) is 3.96. The van der Waals surface area contributed by atoms with Gasteiger partial charge in [-0.3, -0.25) is 4.79 Å². The third-order valence-electron chi connectivity index (χ3n) is 2.57. The van der Waals surface area contributed by atoms with Gasteiger partial charge in [-0.25, -0.2) is 0 Å². The molecule has 0 atom stereocenters. The second kappa shape index (κ2) is 5.98. The van der Waals surface area contributed by atoms with Crippen LogP contribution in [-0.2, 0) is 13.2 Å². The van der Waals surface area contributed by atoms with Crippen molar-refractivity contribution in [2.45, 2.75) is 13.2 Å². The molecule has 2 aromatic rings. The Hall–Kier alpha value is -2.13. The molecule has 3 nitrogen and oxygen atoms in total. The molecule has 0 aromatic heterocycles. The average Bonchev–Trinajstić information content (AvgIpc) is 2.45. The van der Waals surface area contributed by atoms with E-state index in [4.69, 9.17) is 9.84 Å². The van der Waals surface area contributed by atoms with Crippen LogP contribution in [0.1, 0.15) is 21.5 Å². The van der Waals surface area contributed by atoms with Gasteiger partial charge in [0.05, 0.1) is 6.61 Å². The number of aliphatic hydroxyl groups excluding tert-OH is 1. The van der Waals surface area contributed by atoms with Gasteiger partial charge in [-0.1, -0.05) is 36.4 Å². The predicted octanol–water partition coefficient (Wildman–Crippen LogP) is 2.57. The minimum atomic E-state index is 0.0223. The standard InChI is InChI=1S/C15H14O3/c16-9-12-3-1-5-14(7-12)11-18-15-6-2-4-13(8-15)10-17/h1-8,10,16H,9,11H2. The Labute approximate surface area is 106 Å². The average molecular weight is 242 g/mol. The lowest BCUT2D eigenvalue weighted by Gasteiger charge is -2.07. The maximum atomic E-state index is 10.6. The van der Waals surface area contributed by atoms with E-state index < -0.39 is 0 Å². The van der Waals surface area contributed by atoms with Crippen LogP contribution in [0.15, 0.2) is 48.5 Å². The number of rotatable bonds is 5. The number of carbonyl (C=O) groups excluding carboxylic acids is 1. The van der Waals surface area contributed by atoms with Crippen LogP contribution in [0.2, 0.25) is 0 Å². The first-order valence-corrected chi connectivity index (χ1v) is 5.68. The van der Waals surface area contributed by atoms with E-state index in [9.17, 15) is 4.79 Å². The Morgan fingerprint density at radius 1 is 1.06 bits per heavy atom. The first kappa shape index (κ1) is 12.3. The lowest BCUT2D eigenvalue weighted by Crippen LogP contribution is -1.97. The van der Waals surface area contributed by atoms with Crippen molar-refractivity contribution in [2.75, 3.05) is 0 Å². The van der Waals surface area contributed by atoms with Crippen molar-refractivity contribution in [1.29, 1.82) is 0 Å². The molecule has 0 saturated heterocycles. The fraction of sp³-hybridized carbons (Fsp3) is 0.133. The fourth-order valence-corrected chi connectivity index (χ4v) is 1.66. The smallest absolute Gasteiger partial charge is 0.150 e. The SMILES string of the molecule is O=Cc1cccc(OCc2cccc(CO)c2)c1. The van der Waals surface area contributed by atoms with E-state index in [0.29, 0.717) is 17.9 Å². The molecule has 2 aromatic carbocycles.